The molecule has 0 amide bonds. The lowest BCUT2D eigenvalue weighted by Crippen LogP contribution is -2.38. The fraction of sp³-hybridized carbons (Fsp3) is 0.174. The SMILES string of the molecule is Cc1cc(NC(=S)N[C@@H](c2ccccc2)[C@@H](N)c2ccccc2)cc(C(F)(F)F)c1. The van der Waals surface area contributed by atoms with E-state index >= 15 is 0 Å². The molecular weight excluding hydrogens is 407 g/mol. The molecule has 0 aliphatic heterocycles. The van der Waals surface area contributed by atoms with E-state index in [2.05, 4.69) is 10.6 Å². The number of aryl methyl sites for hydroxylation is 1. The molecule has 0 spiro atoms. The highest BCUT2D eigenvalue weighted by atomic mass is 32.1. The molecule has 3 rings (SSSR count). The Morgan fingerprint density at radius 2 is 1.47 bits per heavy atom. The number of hydrogen-bond acceptors (Lipinski definition) is 2. The van der Waals surface area contributed by atoms with Gasteiger partial charge in [0, 0.05) is 5.69 Å². The quantitative estimate of drug-likeness (QED) is 0.453. The number of halogens is 3. The minimum Gasteiger partial charge on any atom is -0.354 e. The van der Waals surface area contributed by atoms with E-state index in [0.717, 1.165) is 23.3 Å². The van der Waals surface area contributed by atoms with Crippen molar-refractivity contribution in [1.29, 1.82) is 0 Å². The molecule has 0 saturated heterocycles. The van der Waals surface area contributed by atoms with Crippen molar-refractivity contribution < 1.29 is 13.2 Å². The molecule has 0 aromatic heterocycles. The Labute approximate surface area is 179 Å². The van der Waals surface area contributed by atoms with E-state index in [1.54, 1.807) is 13.0 Å². The van der Waals surface area contributed by atoms with Crippen LogP contribution in [0.4, 0.5) is 18.9 Å². The van der Waals surface area contributed by atoms with Gasteiger partial charge in [-0.1, -0.05) is 60.7 Å². The highest BCUT2D eigenvalue weighted by Gasteiger charge is 2.31. The predicted octanol–water partition coefficient (Wildman–Crippen LogP) is 5.74. The molecule has 0 fully saturated rings. The van der Waals surface area contributed by atoms with Gasteiger partial charge in [-0.05, 0) is 54.0 Å². The fourth-order valence-corrected chi connectivity index (χ4v) is 3.48. The third-order valence-electron chi connectivity index (χ3n) is 4.65. The van der Waals surface area contributed by atoms with E-state index in [-0.39, 0.29) is 16.8 Å². The Balaban J connectivity index is 1.83. The normalized spacial score (nSPS) is 13.4. The van der Waals surface area contributed by atoms with Gasteiger partial charge in [0.15, 0.2) is 5.11 Å². The summed E-state index contributed by atoms with van der Waals surface area (Å²) in [6, 6.07) is 22.1. The second-order valence-corrected chi connectivity index (χ2v) is 7.42. The maximum absolute atomic E-state index is 13.1. The summed E-state index contributed by atoms with van der Waals surface area (Å²) in [5.41, 5.74) is 8.37. The smallest absolute Gasteiger partial charge is 0.354 e. The van der Waals surface area contributed by atoms with E-state index < -0.39 is 17.8 Å². The van der Waals surface area contributed by atoms with Crippen molar-refractivity contribution in [1.82, 2.24) is 5.32 Å². The number of rotatable bonds is 5. The van der Waals surface area contributed by atoms with Crippen LogP contribution in [0.15, 0.2) is 78.9 Å². The van der Waals surface area contributed by atoms with Crippen LogP contribution in [0.2, 0.25) is 0 Å². The van der Waals surface area contributed by atoms with Crippen LogP contribution >= 0.6 is 12.2 Å². The summed E-state index contributed by atoms with van der Waals surface area (Å²) in [5.74, 6) is 0. The largest absolute Gasteiger partial charge is 0.416 e. The van der Waals surface area contributed by atoms with Gasteiger partial charge in [-0.15, -0.1) is 0 Å². The van der Waals surface area contributed by atoms with Crippen molar-refractivity contribution >= 4 is 23.0 Å². The average Bonchev–Trinajstić information content (AvgIpc) is 2.72. The van der Waals surface area contributed by atoms with E-state index in [0.29, 0.717) is 5.56 Å². The highest BCUT2D eigenvalue weighted by molar-refractivity contribution is 7.80. The van der Waals surface area contributed by atoms with Crippen LogP contribution in [0, 0.1) is 6.92 Å². The van der Waals surface area contributed by atoms with E-state index in [1.807, 2.05) is 60.7 Å². The number of thiocarbonyl (C=S) groups is 1. The van der Waals surface area contributed by atoms with Crippen LogP contribution in [0.25, 0.3) is 0 Å². The average molecular weight is 430 g/mol. The molecule has 3 aromatic carbocycles. The summed E-state index contributed by atoms with van der Waals surface area (Å²) in [7, 11) is 0. The second-order valence-electron chi connectivity index (χ2n) is 7.01. The topological polar surface area (TPSA) is 50.1 Å². The van der Waals surface area contributed by atoms with Gasteiger partial charge in [0.25, 0.3) is 0 Å². The maximum Gasteiger partial charge on any atom is 0.416 e. The van der Waals surface area contributed by atoms with Gasteiger partial charge in [0.05, 0.1) is 17.6 Å². The Kier molecular flexibility index (Phi) is 6.74. The molecule has 0 heterocycles. The molecule has 30 heavy (non-hydrogen) atoms. The Morgan fingerprint density at radius 3 is 2.03 bits per heavy atom. The first-order valence-electron chi connectivity index (χ1n) is 9.36. The lowest BCUT2D eigenvalue weighted by atomic mass is 9.94. The molecular formula is C23H22F3N3S. The maximum atomic E-state index is 13.1. The molecule has 0 radical (unpaired) electrons. The Hall–Kier alpha value is -2.90. The summed E-state index contributed by atoms with van der Waals surface area (Å²) >= 11 is 5.40. The monoisotopic (exact) mass is 429 g/mol. The Bertz CT molecular complexity index is 992. The third-order valence-corrected chi connectivity index (χ3v) is 4.87. The molecule has 0 unspecified atom stereocenters. The molecule has 0 bridgehead atoms. The minimum atomic E-state index is -4.43. The highest BCUT2D eigenvalue weighted by Crippen LogP contribution is 2.32. The van der Waals surface area contributed by atoms with Crippen molar-refractivity contribution in [2.45, 2.75) is 25.2 Å². The van der Waals surface area contributed by atoms with E-state index in [4.69, 9.17) is 18.0 Å². The van der Waals surface area contributed by atoms with Crippen LogP contribution in [-0.2, 0) is 6.18 Å². The minimum absolute atomic E-state index is 0.189. The van der Waals surface area contributed by atoms with Gasteiger partial charge in [0.2, 0.25) is 0 Å². The van der Waals surface area contributed by atoms with Gasteiger partial charge < -0.3 is 16.4 Å². The molecule has 0 saturated carbocycles. The van der Waals surface area contributed by atoms with Crippen molar-refractivity contribution in [3.8, 4) is 0 Å². The first-order chi connectivity index (χ1) is 14.2. The van der Waals surface area contributed by atoms with Gasteiger partial charge in [-0.2, -0.15) is 13.2 Å². The molecule has 7 heteroatoms. The molecule has 2 atom stereocenters. The van der Waals surface area contributed by atoms with Crippen LogP contribution in [0.1, 0.15) is 34.3 Å². The van der Waals surface area contributed by atoms with Crippen molar-refractivity contribution in [2.75, 3.05) is 5.32 Å². The zero-order valence-corrected chi connectivity index (χ0v) is 17.1. The van der Waals surface area contributed by atoms with Crippen LogP contribution < -0.4 is 16.4 Å². The van der Waals surface area contributed by atoms with Gasteiger partial charge in [0.1, 0.15) is 0 Å². The van der Waals surface area contributed by atoms with Crippen LogP contribution in [0.3, 0.4) is 0 Å². The number of hydrogen-bond donors (Lipinski definition) is 3. The molecule has 4 N–H and O–H groups in total. The molecule has 3 aromatic rings. The zero-order chi connectivity index (χ0) is 21.7. The van der Waals surface area contributed by atoms with Crippen LogP contribution in [-0.4, -0.2) is 5.11 Å². The molecule has 0 aliphatic rings. The molecule has 156 valence electrons. The van der Waals surface area contributed by atoms with Gasteiger partial charge in [-0.25, -0.2) is 0 Å². The van der Waals surface area contributed by atoms with E-state index in [1.165, 1.54) is 0 Å². The summed E-state index contributed by atoms with van der Waals surface area (Å²) in [6.07, 6.45) is -4.43. The van der Waals surface area contributed by atoms with Crippen molar-refractivity contribution in [3.63, 3.8) is 0 Å². The first-order valence-corrected chi connectivity index (χ1v) is 9.77. The van der Waals surface area contributed by atoms with Gasteiger partial charge >= 0.3 is 6.18 Å². The second kappa shape index (κ2) is 9.28. The molecule has 3 nitrogen and oxygen atoms in total. The van der Waals surface area contributed by atoms with Crippen molar-refractivity contribution in [2.24, 2.45) is 5.73 Å². The first kappa shape index (κ1) is 21.8. The number of benzene rings is 3. The van der Waals surface area contributed by atoms with E-state index in [9.17, 15) is 13.2 Å². The lowest BCUT2D eigenvalue weighted by molar-refractivity contribution is -0.137. The Morgan fingerprint density at radius 1 is 0.900 bits per heavy atom. The zero-order valence-electron chi connectivity index (χ0n) is 16.3. The summed E-state index contributed by atoms with van der Waals surface area (Å²) in [5, 5.41) is 6.23. The van der Waals surface area contributed by atoms with Gasteiger partial charge in [-0.3, -0.25) is 0 Å². The third kappa shape index (κ3) is 5.58. The fourth-order valence-electron chi connectivity index (χ4n) is 3.24. The van der Waals surface area contributed by atoms with Crippen molar-refractivity contribution in [3.05, 3.63) is 101 Å². The predicted molar refractivity (Wildman–Crippen MR) is 118 cm³/mol. The van der Waals surface area contributed by atoms with Crippen LogP contribution in [0.5, 0.6) is 0 Å². The standard InChI is InChI=1S/C23H22F3N3S/c1-15-12-18(23(24,25)26)14-19(13-15)28-22(30)29-21(17-10-6-3-7-11-17)20(27)16-8-4-2-5-9-16/h2-14,20-21H,27H2,1H3,(H2,28,29,30)/t20-,21-/m0/s1. The molecule has 0 aliphatic carbocycles. The number of nitrogens with one attached hydrogen (secondary N) is 2. The number of nitrogens with two attached hydrogens (primary N) is 1. The number of anilines is 1. The summed E-state index contributed by atoms with van der Waals surface area (Å²) in [4.78, 5) is 0. The summed E-state index contributed by atoms with van der Waals surface area (Å²) < 4.78 is 39.4. The lowest BCUT2D eigenvalue weighted by Gasteiger charge is -2.27. The number of alkyl halides is 3. The summed E-state index contributed by atoms with van der Waals surface area (Å²) in [6.45, 7) is 1.61.